The molecule has 26 heavy (non-hydrogen) atoms. The second kappa shape index (κ2) is 5.14. The molecule has 1 aromatic heterocycles. The van der Waals surface area contributed by atoms with Crippen LogP contribution >= 0.6 is 0 Å². The van der Waals surface area contributed by atoms with Crippen molar-refractivity contribution in [3.63, 3.8) is 0 Å². The summed E-state index contributed by atoms with van der Waals surface area (Å²) in [7, 11) is 1.50. The molecule has 2 aliphatic rings. The molecule has 6 heteroatoms. The normalized spacial score (nSPS) is 24.3. The molecule has 0 radical (unpaired) electrons. The van der Waals surface area contributed by atoms with Crippen molar-refractivity contribution >= 4 is 21.9 Å². The first-order valence-corrected chi connectivity index (χ1v) is 8.67. The van der Waals surface area contributed by atoms with E-state index >= 15 is 0 Å². The Bertz CT molecular complexity index is 1110. The summed E-state index contributed by atoms with van der Waals surface area (Å²) in [6, 6.07) is 6.84. The highest BCUT2D eigenvalue weighted by atomic mass is 16.7. The van der Waals surface area contributed by atoms with Crippen LogP contribution in [0, 0.1) is 0 Å². The first kappa shape index (κ1) is 15.5. The van der Waals surface area contributed by atoms with Crippen LogP contribution in [0.1, 0.15) is 37.9 Å². The summed E-state index contributed by atoms with van der Waals surface area (Å²) in [6.45, 7) is 1.89. The smallest absolute Gasteiger partial charge is 0.208 e. The molecule has 2 atom stereocenters. The zero-order valence-electron chi connectivity index (χ0n) is 14.5. The minimum atomic E-state index is -0.712. The summed E-state index contributed by atoms with van der Waals surface area (Å²) < 4.78 is 23.2. The first-order chi connectivity index (χ1) is 12.5. The van der Waals surface area contributed by atoms with Crippen molar-refractivity contribution in [2.24, 2.45) is 0 Å². The number of hydrogen-bond donors (Lipinski definition) is 1. The lowest BCUT2D eigenvalue weighted by Gasteiger charge is -2.44. The third-order valence-electron chi connectivity index (χ3n) is 5.28. The summed E-state index contributed by atoms with van der Waals surface area (Å²) in [6.07, 6.45) is 2.18. The lowest BCUT2D eigenvalue weighted by molar-refractivity contribution is -0.243. The maximum atomic E-state index is 13.1. The summed E-state index contributed by atoms with van der Waals surface area (Å²) in [5.41, 5.74) is 0.884. The molecule has 5 rings (SSSR count). The van der Waals surface area contributed by atoms with Gasteiger partial charge in [-0.25, -0.2) is 0 Å². The fraction of sp³-hybridized carbons (Fsp3) is 0.350. The van der Waals surface area contributed by atoms with Crippen LogP contribution in [0.15, 0.2) is 33.5 Å². The number of aromatic hydroxyl groups is 1. The number of benzene rings is 2. The lowest BCUT2D eigenvalue weighted by atomic mass is 9.92. The molecule has 0 spiro atoms. The zero-order chi connectivity index (χ0) is 18.1. The van der Waals surface area contributed by atoms with Crippen LogP contribution in [0.3, 0.4) is 0 Å². The molecule has 0 unspecified atom stereocenters. The van der Waals surface area contributed by atoms with E-state index in [1.54, 1.807) is 24.3 Å². The van der Waals surface area contributed by atoms with Gasteiger partial charge in [0.05, 0.1) is 18.8 Å². The van der Waals surface area contributed by atoms with Crippen molar-refractivity contribution in [3.8, 4) is 17.2 Å². The van der Waals surface area contributed by atoms with Crippen LogP contribution in [-0.2, 0) is 4.74 Å². The third-order valence-corrected chi connectivity index (χ3v) is 5.28. The Hall–Kier alpha value is -2.73. The van der Waals surface area contributed by atoms with Crippen molar-refractivity contribution in [2.75, 3.05) is 7.11 Å². The van der Waals surface area contributed by atoms with Crippen molar-refractivity contribution in [3.05, 3.63) is 40.1 Å². The molecule has 2 bridgehead atoms. The van der Waals surface area contributed by atoms with Gasteiger partial charge in [0.2, 0.25) is 11.2 Å². The Morgan fingerprint density at radius 3 is 2.92 bits per heavy atom. The third kappa shape index (κ3) is 1.99. The van der Waals surface area contributed by atoms with Gasteiger partial charge in [-0.15, -0.1) is 0 Å². The van der Waals surface area contributed by atoms with Crippen LogP contribution in [0.4, 0.5) is 0 Å². The lowest BCUT2D eigenvalue weighted by Crippen LogP contribution is -2.43. The van der Waals surface area contributed by atoms with E-state index in [4.69, 9.17) is 18.6 Å². The van der Waals surface area contributed by atoms with Crippen LogP contribution < -0.4 is 14.9 Å². The van der Waals surface area contributed by atoms with Gasteiger partial charge >= 0.3 is 0 Å². The van der Waals surface area contributed by atoms with Gasteiger partial charge < -0.3 is 23.7 Å². The van der Waals surface area contributed by atoms with Crippen molar-refractivity contribution in [1.29, 1.82) is 0 Å². The van der Waals surface area contributed by atoms with E-state index in [1.165, 1.54) is 7.11 Å². The molecule has 3 heterocycles. The summed E-state index contributed by atoms with van der Waals surface area (Å²) in [5.74, 6) is 0.0796. The van der Waals surface area contributed by atoms with Crippen molar-refractivity contribution < 1.29 is 23.7 Å². The molecule has 0 amide bonds. The first-order valence-electron chi connectivity index (χ1n) is 8.67. The van der Waals surface area contributed by atoms with Gasteiger partial charge in [0, 0.05) is 19.4 Å². The Kier molecular flexibility index (Phi) is 3.07. The fourth-order valence-electron chi connectivity index (χ4n) is 4.10. The molecule has 1 saturated heterocycles. The quantitative estimate of drug-likeness (QED) is 0.665. The van der Waals surface area contributed by atoms with Crippen molar-refractivity contribution in [2.45, 2.75) is 38.1 Å². The predicted octanol–water partition coefficient (Wildman–Crippen LogP) is 4.01. The Morgan fingerprint density at radius 2 is 2.12 bits per heavy atom. The monoisotopic (exact) mass is 354 g/mol. The van der Waals surface area contributed by atoms with Crippen LogP contribution in [0.5, 0.6) is 17.2 Å². The summed E-state index contributed by atoms with van der Waals surface area (Å²) >= 11 is 0. The summed E-state index contributed by atoms with van der Waals surface area (Å²) in [4.78, 5) is 13.1. The standard InChI is InChI=1S/C20H18O6/c1-20-8-4-7-12(25-20)16-14(26-20)9-13-17(19(16)22)18(21)15-10(23-2)5-3-6-11(15)24-13/h3,5-6,9,12,22H,4,7-8H2,1-2H3/t12-,20+/m1/s1. The van der Waals surface area contributed by atoms with E-state index in [-0.39, 0.29) is 28.3 Å². The Labute approximate surface area is 148 Å². The molecule has 2 aromatic carbocycles. The second-order valence-electron chi connectivity index (χ2n) is 7.01. The van der Waals surface area contributed by atoms with E-state index in [9.17, 15) is 9.90 Å². The molecule has 2 aliphatic heterocycles. The average molecular weight is 354 g/mol. The number of hydrogen-bond acceptors (Lipinski definition) is 6. The van der Waals surface area contributed by atoms with E-state index in [1.807, 2.05) is 6.92 Å². The minimum absolute atomic E-state index is 0.127. The van der Waals surface area contributed by atoms with Gasteiger partial charge in [0.1, 0.15) is 39.2 Å². The summed E-state index contributed by atoms with van der Waals surface area (Å²) in [5, 5.41) is 11.4. The number of ether oxygens (including phenoxy) is 3. The highest BCUT2D eigenvalue weighted by Gasteiger charge is 2.43. The van der Waals surface area contributed by atoms with Crippen LogP contribution in [0.2, 0.25) is 0 Å². The van der Waals surface area contributed by atoms with Gasteiger partial charge in [-0.2, -0.15) is 0 Å². The molecular formula is C20H18O6. The molecular weight excluding hydrogens is 336 g/mol. The number of fused-ring (bicyclic) bond motifs is 6. The molecule has 134 valence electrons. The maximum Gasteiger partial charge on any atom is 0.208 e. The highest BCUT2D eigenvalue weighted by Crippen LogP contribution is 2.51. The van der Waals surface area contributed by atoms with E-state index in [2.05, 4.69) is 0 Å². The Morgan fingerprint density at radius 1 is 1.27 bits per heavy atom. The van der Waals surface area contributed by atoms with Gasteiger partial charge in [0.25, 0.3) is 0 Å². The highest BCUT2D eigenvalue weighted by molar-refractivity contribution is 5.97. The Balaban J connectivity index is 1.89. The number of phenols is 1. The predicted molar refractivity (Wildman–Crippen MR) is 94.9 cm³/mol. The molecule has 1 fully saturated rings. The van der Waals surface area contributed by atoms with Crippen LogP contribution in [-0.4, -0.2) is 18.0 Å². The zero-order valence-corrected chi connectivity index (χ0v) is 14.5. The SMILES string of the molecule is COc1cccc2oc3cc4c(c(O)c3c(=O)c12)[C@H]1CCC[C@](C)(O4)O1. The molecule has 0 saturated carbocycles. The van der Waals surface area contributed by atoms with Gasteiger partial charge in [0.15, 0.2) is 0 Å². The second-order valence-corrected chi connectivity index (χ2v) is 7.01. The minimum Gasteiger partial charge on any atom is -0.506 e. The van der Waals surface area contributed by atoms with Gasteiger partial charge in [-0.1, -0.05) is 6.07 Å². The van der Waals surface area contributed by atoms with Gasteiger partial charge in [-0.3, -0.25) is 4.79 Å². The number of methoxy groups -OCH3 is 1. The van der Waals surface area contributed by atoms with E-state index in [0.717, 1.165) is 19.3 Å². The molecule has 6 nitrogen and oxygen atoms in total. The molecule has 3 aromatic rings. The molecule has 0 aliphatic carbocycles. The van der Waals surface area contributed by atoms with Gasteiger partial charge in [-0.05, 0) is 25.0 Å². The fourth-order valence-corrected chi connectivity index (χ4v) is 4.10. The molecule has 1 N–H and O–H groups in total. The number of rotatable bonds is 1. The van der Waals surface area contributed by atoms with E-state index in [0.29, 0.717) is 28.0 Å². The van der Waals surface area contributed by atoms with Crippen LogP contribution in [0.25, 0.3) is 21.9 Å². The van der Waals surface area contributed by atoms with E-state index < -0.39 is 5.79 Å². The van der Waals surface area contributed by atoms with Crippen molar-refractivity contribution in [1.82, 2.24) is 0 Å². The topological polar surface area (TPSA) is 78.1 Å². The average Bonchev–Trinajstić information content (AvgIpc) is 2.60. The number of phenolic OH excluding ortho intramolecular Hbond substituents is 1. The maximum absolute atomic E-state index is 13.1. The largest absolute Gasteiger partial charge is 0.506 e.